The highest BCUT2D eigenvalue weighted by molar-refractivity contribution is 7.91. The average molecular weight is 308 g/mol. The number of thiazole rings is 1. The highest BCUT2D eigenvalue weighted by atomic mass is 32.2. The molecule has 1 aromatic heterocycles. The number of ether oxygens (including phenoxy) is 1. The number of aromatic amines is 1. The summed E-state index contributed by atoms with van der Waals surface area (Å²) >= 11 is 0.629. The van der Waals surface area contributed by atoms with Crippen LogP contribution in [-0.2, 0) is 14.8 Å². The monoisotopic (exact) mass is 308 g/mol. The summed E-state index contributed by atoms with van der Waals surface area (Å²) in [6, 6.07) is 0. The van der Waals surface area contributed by atoms with E-state index in [4.69, 9.17) is 4.74 Å². The molecule has 2 rings (SSSR count). The number of aryl methyl sites for hydroxylation is 1. The highest BCUT2D eigenvalue weighted by Gasteiger charge is 2.40. The fraction of sp³-hybridized carbons (Fsp3) is 0.700. The van der Waals surface area contributed by atoms with Crippen LogP contribution < -0.4 is 9.60 Å². The molecule has 19 heavy (non-hydrogen) atoms. The van der Waals surface area contributed by atoms with Gasteiger partial charge in [0.05, 0.1) is 6.10 Å². The van der Waals surface area contributed by atoms with Gasteiger partial charge in [0.25, 0.3) is 10.0 Å². The predicted octanol–water partition coefficient (Wildman–Crippen LogP) is -0.437. The van der Waals surface area contributed by atoms with Crippen molar-refractivity contribution in [2.24, 2.45) is 0 Å². The first-order chi connectivity index (χ1) is 8.74. The summed E-state index contributed by atoms with van der Waals surface area (Å²) < 4.78 is 31.6. The van der Waals surface area contributed by atoms with Crippen LogP contribution in [0.4, 0.5) is 0 Å². The summed E-state index contributed by atoms with van der Waals surface area (Å²) in [6.45, 7) is 3.47. The highest BCUT2D eigenvalue weighted by Crippen LogP contribution is 2.25. The number of aliphatic hydroxyl groups is 1. The van der Waals surface area contributed by atoms with Crippen molar-refractivity contribution in [3.8, 4) is 0 Å². The topological polar surface area (TPSA) is 108 Å². The van der Waals surface area contributed by atoms with Crippen molar-refractivity contribution in [2.75, 3.05) is 13.2 Å². The number of nitrogens with one attached hydrogen (secondary N) is 2. The van der Waals surface area contributed by atoms with E-state index in [1.807, 2.05) is 0 Å². The lowest BCUT2D eigenvalue weighted by molar-refractivity contribution is -0.0228. The zero-order valence-corrected chi connectivity index (χ0v) is 12.2. The molecule has 1 aliphatic heterocycles. The molecule has 3 N–H and O–H groups in total. The van der Waals surface area contributed by atoms with Crippen molar-refractivity contribution in [2.45, 2.75) is 36.2 Å². The molecular weight excluding hydrogens is 292 g/mol. The second-order valence-electron chi connectivity index (χ2n) is 4.62. The van der Waals surface area contributed by atoms with E-state index in [1.165, 1.54) is 6.92 Å². The van der Waals surface area contributed by atoms with Gasteiger partial charge in [0.15, 0.2) is 4.21 Å². The number of hydrogen-bond acceptors (Lipinski definition) is 6. The molecule has 9 heteroatoms. The molecule has 0 aliphatic carbocycles. The zero-order valence-electron chi connectivity index (χ0n) is 10.6. The summed E-state index contributed by atoms with van der Waals surface area (Å²) in [5.74, 6) is 0. The van der Waals surface area contributed by atoms with Crippen molar-refractivity contribution in [1.29, 1.82) is 0 Å². The van der Waals surface area contributed by atoms with Crippen LogP contribution in [0.1, 0.15) is 19.0 Å². The third-order valence-electron chi connectivity index (χ3n) is 3.25. The fourth-order valence-electron chi connectivity index (χ4n) is 1.94. The van der Waals surface area contributed by atoms with E-state index in [1.54, 1.807) is 6.92 Å². The second-order valence-corrected chi connectivity index (χ2v) is 7.56. The lowest BCUT2D eigenvalue weighted by Crippen LogP contribution is -2.47. The van der Waals surface area contributed by atoms with Gasteiger partial charge in [0.2, 0.25) is 0 Å². The van der Waals surface area contributed by atoms with Crippen LogP contribution in [0.3, 0.4) is 0 Å². The minimum absolute atomic E-state index is 0.0485. The van der Waals surface area contributed by atoms with Crippen LogP contribution in [0.2, 0.25) is 0 Å². The Morgan fingerprint density at radius 3 is 2.79 bits per heavy atom. The maximum Gasteiger partial charge on any atom is 0.305 e. The molecule has 2 heterocycles. The number of H-pyrrole nitrogens is 1. The van der Waals surface area contributed by atoms with Crippen LogP contribution in [0, 0.1) is 6.92 Å². The molecule has 1 saturated heterocycles. The zero-order chi connectivity index (χ0) is 14.3. The summed E-state index contributed by atoms with van der Waals surface area (Å²) in [7, 11) is -3.80. The standard InChI is InChI=1S/C10H16N2O5S2/c1-6-8(18-9(13)12-6)19(15,16)11-5-10(14)3-4-17-7(10)2/h7,11,14H,3-5H2,1-2H3,(H,12,13). The maximum absolute atomic E-state index is 12.1. The van der Waals surface area contributed by atoms with Gasteiger partial charge in [0, 0.05) is 25.3 Å². The van der Waals surface area contributed by atoms with Crippen LogP contribution in [0.25, 0.3) is 0 Å². The van der Waals surface area contributed by atoms with E-state index in [0.717, 1.165) is 0 Å². The van der Waals surface area contributed by atoms with Crippen molar-refractivity contribution < 1.29 is 18.3 Å². The molecule has 1 fully saturated rings. The number of aromatic nitrogens is 1. The van der Waals surface area contributed by atoms with Gasteiger partial charge in [-0.1, -0.05) is 11.3 Å². The minimum atomic E-state index is -3.80. The van der Waals surface area contributed by atoms with Crippen molar-refractivity contribution >= 4 is 21.4 Å². The summed E-state index contributed by atoms with van der Waals surface area (Å²) in [5, 5.41) is 10.2. The summed E-state index contributed by atoms with van der Waals surface area (Å²) in [5.41, 5.74) is -0.910. The SMILES string of the molecule is Cc1[nH]c(=O)sc1S(=O)(=O)NCC1(O)CCOC1C. The molecule has 1 aliphatic rings. The van der Waals surface area contributed by atoms with Gasteiger partial charge in [0.1, 0.15) is 5.60 Å². The molecule has 0 spiro atoms. The normalized spacial score (nSPS) is 27.8. The first-order valence-corrected chi connectivity index (χ1v) is 8.08. The molecule has 108 valence electrons. The second kappa shape index (κ2) is 4.98. The van der Waals surface area contributed by atoms with E-state index in [2.05, 4.69) is 9.71 Å². The van der Waals surface area contributed by atoms with Crippen LogP contribution in [0.5, 0.6) is 0 Å². The largest absolute Gasteiger partial charge is 0.386 e. The molecule has 0 saturated carbocycles. The molecule has 7 nitrogen and oxygen atoms in total. The number of sulfonamides is 1. The Kier molecular flexibility index (Phi) is 3.85. The van der Waals surface area contributed by atoms with Gasteiger partial charge in [-0.2, -0.15) is 0 Å². The van der Waals surface area contributed by atoms with Crippen LogP contribution in [0.15, 0.2) is 9.00 Å². The number of rotatable bonds is 4. The lowest BCUT2D eigenvalue weighted by atomic mass is 9.97. The average Bonchev–Trinajstić information content (AvgIpc) is 2.82. The van der Waals surface area contributed by atoms with Gasteiger partial charge >= 0.3 is 4.87 Å². The van der Waals surface area contributed by atoms with Crippen LogP contribution >= 0.6 is 11.3 Å². The molecule has 1 aromatic rings. The van der Waals surface area contributed by atoms with E-state index < -0.39 is 26.6 Å². The van der Waals surface area contributed by atoms with E-state index in [0.29, 0.717) is 30.1 Å². The Morgan fingerprint density at radius 2 is 2.32 bits per heavy atom. The summed E-state index contributed by atoms with van der Waals surface area (Å²) in [6.07, 6.45) is -0.0553. The fourth-order valence-corrected chi connectivity index (χ4v) is 4.38. The van der Waals surface area contributed by atoms with Crippen molar-refractivity contribution in [3.05, 3.63) is 15.4 Å². The smallest absolute Gasteiger partial charge is 0.305 e. The minimum Gasteiger partial charge on any atom is -0.386 e. The Morgan fingerprint density at radius 1 is 1.63 bits per heavy atom. The molecule has 2 unspecified atom stereocenters. The van der Waals surface area contributed by atoms with Gasteiger partial charge in [-0.15, -0.1) is 0 Å². The van der Waals surface area contributed by atoms with Gasteiger partial charge in [-0.25, -0.2) is 13.1 Å². The molecule has 0 radical (unpaired) electrons. The first kappa shape index (κ1) is 14.7. The predicted molar refractivity (Wildman–Crippen MR) is 69.8 cm³/mol. The van der Waals surface area contributed by atoms with Gasteiger partial charge < -0.3 is 14.8 Å². The Labute approximate surface area is 114 Å². The van der Waals surface area contributed by atoms with Crippen molar-refractivity contribution in [1.82, 2.24) is 9.71 Å². The third-order valence-corrected chi connectivity index (χ3v) is 6.26. The lowest BCUT2D eigenvalue weighted by Gasteiger charge is -2.25. The molecule has 0 amide bonds. The molecule has 2 atom stereocenters. The third kappa shape index (κ3) is 2.90. The van der Waals surface area contributed by atoms with E-state index in [9.17, 15) is 18.3 Å². The molecular formula is C10H16N2O5S2. The Balaban J connectivity index is 2.15. The van der Waals surface area contributed by atoms with E-state index >= 15 is 0 Å². The quantitative estimate of drug-likeness (QED) is 0.699. The first-order valence-electron chi connectivity index (χ1n) is 5.78. The van der Waals surface area contributed by atoms with Crippen molar-refractivity contribution in [3.63, 3.8) is 0 Å². The summed E-state index contributed by atoms with van der Waals surface area (Å²) in [4.78, 5) is 13.1. The van der Waals surface area contributed by atoms with Gasteiger partial charge in [-0.05, 0) is 13.8 Å². The molecule has 0 aromatic carbocycles. The van der Waals surface area contributed by atoms with Gasteiger partial charge in [-0.3, -0.25) is 4.79 Å². The van der Waals surface area contributed by atoms with Crippen LogP contribution in [-0.4, -0.2) is 43.4 Å². The Bertz CT molecular complexity index is 620. The molecule has 0 bridgehead atoms. The number of hydrogen-bond donors (Lipinski definition) is 3. The Hall–Kier alpha value is -0.740. The van der Waals surface area contributed by atoms with E-state index in [-0.39, 0.29) is 10.8 Å². The maximum atomic E-state index is 12.1.